The highest BCUT2D eigenvalue weighted by molar-refractivity contribution is 5.86. The van der Waals surface area contributed by atoms with Crippen molar-refractivity contribution < 1.29 is 13.9 Å². The van der Waals surface area contributed by atoms with Crippen molar-refractivity contribution in [2.45, 2.75) is 6.54 Å². The Morgan fingerprint density at radius 3 is 2.76 bits per heavy atom. The first kappa shape index (κ1) is 15.1. The first-order chi connectivity index (χ1) is 10.2. The van der Waals surface area contributed by atoms with Crippen molar-refractivity contribution in [3.8, 4) is 0 Å². The summed E-state index contributed by atoms with van der Waals surface area (Å²) in [5.74, 6) is 0.271. The molecule has 0 saturated heterocycles. The molecule has 1 aromatic heterocycles. The van der Waals surface area contributed by atoms with Gasteiger partial charge in [0.05, 0.1) is 6.26 Å². The average molecular weight is 285 g/mol. The lowest BCUT2D eigenvalue weighted by molar-refractivity contribution is -0.138. The highest BCUT2D eigenvalue weighted by Crippen LogP contribution is 2.03. The van der Waals surface area contributed by atoms with Gasteiger partial charge in [0, 0.05) is 19.2 Å². The van der Waals surface area contributed by atoms with Gasteiger partial charge in [-0.15, -0.1) is 0 Å². The number of likely N-dealkylation sites (N-methyl/N-ethyl adjacent to an activating group) is 1. The molecule has 0 unspecified atom stereocenters. The molecule has 2 aromatic rings. The fraction of sp³-hybridized carbons (Fsp3) is 0.235. The molecule has 0 saturated carbocycles. The molecule has 0 aliphatic heterocycles. The Morgan fingerprint density at radius 1 is 1.24 bits per heavy atom. The van der Waals surface area contributed by atoms with Crippen LogP contribution in [0.15, 0.2) is 59.2 Å². The first-order valence-corrected chi connectivity index (χ1v) is 6.85. The van der Waals surface area contributed by atoms with Crippen LogP contribution in [0.3, 0.4) is 0 Å². The molecule has 0 bridgehead atoms. The molecular weight excluding hydrogens is 266 g/mol. The number of carbonyl (C=O) groups excluding carboxylic acids is 1. The molecule has 1 heterocycles. The molecule has 0 aliphatic carbocycles. The summed E-state index contributed by atoms with van der Waals surface area (Å²) >= 11 is 0. The maximum Gasteiger partial charge on any atom is 0.330 e. The number of nitrogens with zero attached hydrogens (tertiary/aromatic N) is 1. The number of carbonyl (C=O) groups is 1. The predicted molar refractivity (Wildman–Crippen MR) is 81.5 cm³/mol. The zero-order valence-corrected chi connectivity index (χ0v) is 12.1. The van der Waals surface area contributed by atoms with E-state index >= 15 is 0 Å². The van der Waals surface area contributed by atoms with E-state index in [0.29, 0.717) is 18.9 Å². The van der Waals surface area contributed by atoms with Gasteiger partial charge in [0.1, 0.15) is 12.4 Å². The lowest BCUT2D eigenvalue weighted by Crippen LogP contribution is -2.23. The zero-order chi connectivity index (χ0) is 14.9. The summed E-state index contributed by atoms with van der Waals surface area (Å²) in [7, 11) is 2.00. The van der Waals surface area contributed by atoms with Crippen molar-refractivity contribution in [2.75, 3.05) is 20.2 Å². The SMILES string of the molecule is CN(CCOC(=O)C=Cc1ccco1)Cc1ccccc1. The number of hydrogen-bond donors (Lipinski definition) is 0. The molecule has 110 valence electrons. The number of rotatable bonds is 7. The van der Waals surface area contributed by atoms with E-state index in [2.05, 4.69) is 17.0 Å². The summed E-state index contributed by atoms with van der Waals surface area (Å²) in [6.45, 7) is 1.89. The van der Waals surface area contributed by atoms with Gasteiger partial charge in [0.2, 0.25) is 0 Å². The third kappa shape index (κ3) is 5.67. The van der Waals surface area contributed by atoms with Gasteiger partial charge in [-0.3, -0.25) is 4.90 Å². The van der Waals surface area contributed by atoms with Gasteiger partial charge < -0.3 is 9.15 Å². The van der Waals surface area contributed by atoms with Crippen LogP contribution in [0.25, 0.3) is 6.08 Å². The lowest BCUT2D eigenvalue weighted by Gasteiger charge is -2.16. The summed E-state index contributed by atoms with van der Waals surface area (Å²) < 4.78 is 10.2. The molecule has 4 heteroatoms. The first-order valence-electron chi connectivity index (χ1n) is 6.85. The molecule has 0 fully saturated rings. The topological polar surface area (TPSA) is 42.7 Å². The largest absolute Gasteiger partial charge is 0.465 e. The smallest absolute Gasteiger partial charge is 0.330 e. The minimum absolute atomic E-state index is 0.362. The quantitative estimate of drug-likeness (QED) is 0.579. The van der Waals surface area contributed by atoms with Crippen molar-refractivity contribution in [3.05, 3.63) is 66.1 Å². The fourth-order valence-electron chi connectivity index (χ4n) is 1.86. The number of furan rings is 1. The summed E-state index contributed by atoms with van der Waals surface area (Å²) in [6, 6.07) is 13.7. The van der Waals surface area contributed by atoms with Gasteiger partial charge in [0.15, 0.2) is 0 Å². The van der Waals surface area contributed by atoms with Crippen LogP contribution in [0, 0.1) is 0 Å². The molecule has 0 spiro atoms. The molecule has 0 amide bonds. The Morgan fingerprint density at radius 2 is 2.05 bits per heavy atom. The van der Waals surface area contributed by atoms with E-state index in [1.54, 1.807) is 24.5 Å². The van der Waals surface area contributed by atoms with Crippen molar-refractivity contribution in [2.24, 2.45) is 0 Å². The van der Waals surface area contributed by atoms with Gasteiger partial charge in [0.25, 0.3) is 0 Å². The molecule has 21 heavy (non-hydrogen) atoms. The second-order valence-corrected chi connectivity index (χ2v) is 4.74. The molecule has 0 atom stereocenters. The normalized spacial score (nSPS) is 11.1. The zero-order valence-electron chi connectivity index (χ0n) is 12.1. The molecule has 0 N–H and O–H groups in total. The van der Waals surface area contributed by atoms with Crippen molar-refractivity contribution in [3.63, 3.8) is 0 Å². The van der Waals surface area contributed by atoms with E-state index < -0.39 is 0 Å². The summed E-state index contributed by atoms with van der Waals surface area (Å²) in [5.41, 5.74) is 1.24. The Bertz CT molecular complexity index is 561. The van der Waals surface area contributed by atoms with E-state index in [9.17, 15) is 4.79 Å². The molecular formula is C17H19NO3. The Balaban J connectivity index is 1.65. The van der Waals surface area contributed by atoms with Gasteiger partial charge in [-0.1, -0.05) is 30.3 Å². The van der Waals surface area contributed by atoms with Crippen LogP contribution in [-0.4, -0.2) is 31.1 Å². The summed E-state index contributed by atoms with van der Waals surface area (Å²) in [4.78, 5) is 13.6. The Labute approximate surface area is 124 Å². The summed E-state index contributed by atoms with van der Waals surface area (Å²) in [6.07, 6.45) is 4.52. The second kappa shape index (κ2) is 8.07. The van der Waals surface area contributed by atoms with E-state index in [0.717, 1.165) is 6.54 Å². The van der Waals surface area contributed by atoms with E-state index in [4.69, 9.17) is 9.15 Å². The Kier molecular flexibility index (Phi) is 5.79. The molecule has 0 radical (unpaired) electrons. The highest BCUT2D eigenvalue weighted by Gasteiger charge is 2.02. The maximum atomic E-state index is 11.5. The van der Waals surface area contributed by atoms with Crippen molar-refractivity contribution in [1.29, 1.82) is 0 Å². The van der Waals surface area contributed by atoms with E-state index in [-0.39, 0.29) is 5.97 Å². The van der Waals surface area contributed by atoms with Gasteiger partial charge in [-0.25, -0.2) is 4.79 Å². The minimum Gasteiger partial charge on any atom is -0.465 e. The highest BCUT2D eigenvalue weighted by atomic mass is 16.5. The van der Waals surface area contributed by atoms with Crippen LogP contribution >= 0.6 is 0 Å². The molecule has 0 aliphatic rings. The lowest BCUT2D eigenvalue weighted by atomic mass is 10.2. The Hall–Kier alpha value is -2.33. The van der Waals surface area contributed by atoms with Crippen LogP contribution in [0.4, 0.5) is 0 Å². The molecule has 1 aromatic carbocycles. The van der Waals surface area contributed by atoms with Gasteiger partial charge >= 0.3 is 5.97 Å². The van der Waals surface area contributed by atoms with Crippen LogP contribution in [-0.2, 0) is 16.1 Å². The summed E-state index contributed by atoms with van der Waals surface area (Å²) in [5, 5.41) is 0. The maximum absolute atomic E-state index is 11.5. The second-order valence-electron chi connectivity index (χ2n) is 4.74. The third-order valence-corrected chi connectivity index (χ3v) is 2.94. The van der Waals surface area contributed by atoms with Crippen LogP contribution < -0.4 is 0 Å². The van der Waals surface area contributed by atoms with Crippen LogP contribution in [0.2, 0.25) is 0 Å². The standard InChI is InChI=1S/C17H19NO3/c1-18(14-15-6-3-2-4-7-15)11-13-21-17(19)10-9-16-8-5-12-20-16/h2-10,12H,11,13-14H2,1H3. The average Bonchev–Trinajstić information content (AvgIpc) is 2.99. The van der Waals surface area contributed by atoms with Crippen molar-refractivity contribution >= 4 is 12.0 Å². The fourth-order valence-corrected chi connectivity index (χ4v) is 1.86. The number of hydrogen-bond acceptors (Lipinski definition) is 4. The van der Waals surface area contributed by atoms with Crippen molar-refractivity contribution in [1.82, 2.24) is 4.90 Å². The number of esters is 1. The van der Waals surface area contributed by atoms with Crippen LogP contribution in [0.5, 0.6) is 0 Å². The molecule has 4 nitrogen and oxygen atoms in total. The van der Waals surface area contributed by atoms with Gasteiger partial charge in [-0.2, -0.15) is 0 Å². The van der Waals surface area contributed by atoms with Crippen LogP contribution in [0.1, 0.15) is 11.3 Å². The predicted octanol–water partition coefficient (Wildman–Crippen LogP) is 2.97. The number of benzene rings is 1. The van der Waals surface area contributed by atoms with E-state index in [1.807, 2.05) is 25.2 Å². The third-order valence-electron chi connectivity index (χ3n) is 2.94. The minimum atomic E-state index is -0.362. The monoisotopic (exact) mass is 285 g/mol. The van der Waals surface area contributed by atoms with Gasteiger partial charge in [-0.05, 0) is 30.8 Å². The van der Waals surface area contributed by atoms with E-state index in [1.165, 1.54) is 11.6 Å². The molecule has 2 rings (SSSR count). The number of ether oxygens (including phenoxy) is 1.